The number of hydrogen-bond donors (Lipinski definition) is 0. The second-order valence-corrected chi connectivity index (χ2v) is 11.2. The van der Waals surface area contributed by atoms with Crippen molar-refractivity contribution in [1.82, 2.24) is 4.98 Å². The molecule has 1 aromatic heterocycles. The number of allylic oxidation sites excluding steroid dienone is 2. The second-order valence-electron chi connectivity index (χ2n) is 11.2. The van der Waals surface area contributed by atoms with Crippen LogP contribution in [0, 0.1) is 36.5 Å². The third-order valence-electron chi connectivity index (χ3n) is 8.50. The molecule has 1 nitrogen and oxygen atoms in total. The molecule has 1 fully saturated rings. The van der Waals surface area contributed by atoms with Gasteiger partial charge >= 0.3 is 6.18 Å². The first kappa shape index (κ1) is 27.5. The number of hydrogen-bond acceptors (Lipinski definition) is 1. The molecule has 4 rings (SSSR count). The number of unbranched alkanes of at least 4 members (excludes halogenated alkanes) is 1. The van der Waals surface area contributed by atoms with Gasteiger partial charge in [0, 0.05) is 18.2 Å². The minimum absolute atomic E-state index is 0.0783. The van der Waals surface area contributed by atoms with E-state index in [1.165, 1.54) is 54.9 Å². The molecule has 2 aliphatic rings. The van der Waals surface area contributed by atoms with Crippen molar-refractivity contribution < 1.29 is 13.2 Å². The molecular weight excluding hydrogens is 467 g/mol. The Labute approximate surface area is 221 Å². The standard InChI is InChI=1S/C33H40F3N/c1-5-6-7-12-28-30-19-22(2)13-17-27(30)24(4)29(26-10-8-9-11-26)20-31(28)32-18-16-25(21-37-32)15-14-23(3)33(34,35)36/h13,16-19,21,23-24,26,29H,5-6,8-11,14-15,20H2,1-4H3. The molecule has 0 saturated heterocycles. The van der Waals surface area contributed by atoms with E-state index in [0.29, 0.717) is 24.2 Å². The third-order valence-corrected chi connectivity index (χ3v) is 8.50. The molecule has 0 N–H and O–H groups in total. The van der Waals surface area contributed by atoms with Gasteiger partial charge in [-0.3, -0.25) is 4.98 Å². The lowest BCUT2D eigenvalue weighted by molar-refractivity contribution is -0.170. The first-order valence-corrected chi connectivity index (χ1v) is 14.0. The summed E-state index contributed by atoms with van der Waals surface area (Å²) in [4.78, 5) is 4.84. The van der Waals surface area contributed by atoms with Gasteiger partial charge in [-0.2, -0.15) is 13.2 Å². The summed E-state index contributed by atoms with van der Waals surface area (Å²) in [6, 6.07) is 10.8. The Kier molecular flexibility index (Phi) is 8.83. The van der Waals surface area contributed by atoms with E-state index < -0.39 is 12.1 Å². The Bertz CT molecular complexity index is 1160. The first-order valence-electron chi connectivity index (χ1n) is 14.0. The van der Waals surface area contributed by atoms with E-state index in [1.54, 1.807) is 6.20 Å². The molecule has 1 saturated carbocycles. The molecule has 1 aromatic carbocycles. The van der Waals surface area contributed by atoms with Crippen molar-refractivity contribution in [2.75, 3.05) is 0 Å². The van der Waals surface area contributed by atoms with Gasteiger partial charge in [-0.15, -0.1) is 0 Å². The summed E-state index contributed by atoms with van der Waals surface area (Å²) in [7, 11) is 0. The highest BCUT2D eigenvalue weighted by molar-refractivity contribution is 5.99. The van der Waals surface area contributed by atoms with Gasteiger partial charge in [0.1, 0.15) is 0 Å². The Balaban J connectivity index is 1.76. The van der Waals surface area contributed by atoms with Crippen molar-refractivity contribution in [3.63, 3.8) is 0 Å². The molecule has 0 spiro atoms. The van der Waals surface area contributed by atoms with E-state index in [2.05, 4.69) is 50.8 Å². The van der Waals surface area contributed by atoms with E-state index in [0.717, 1.165) is 36.1 Å². The number of alkyl halides is 3. The van der Waals surface area contributed by atoms with Crippen LogP contribution in [0.1, 0.15) is 106 Å². The average molecular weight is 508 g/mol. The zero-order valence-electron chi connectivity index (χ0n) is 22.7. The number of fused-ring (bicyclic) bond motifs is 1. The van der Waals surface area contributed by atoms with Gasteiger partial charge in [0.15, 0.2) is 0 Å². The Morgan fingerprint density at radius 2 is 1.86 bits per heavy atom. The van der Waals surface area contributed by atoms with Crippen LogP contribution in [0.15, 0.2) is 36.5 Å². The van der Waals surface area contributed by atoms with Gasteiger partial charge < -0.3 is 0 Å². The third kappa shape index (κ3) is 6.49. The Morgan fingerprint density at radius 3 is 2.51 bits per heavy atom. The van der Waals surface area contributed by atoms with Crippen molar-refractivity contribution in [2.24, 2.45) is 17.8 Å². The van der Waals surface area contributed by atoms with Crippen LogP contribution in [0.3, 0.4) is 0 Å². The van der Waals surface area contributed by atoms with E-state index in [1.807, 2.05) is 12.1 Å². The number of nitrogens with zero attached hydrogens (tertiary/aromatic N) is 1. The highest BCUT2D eigenvalue weighted by Crippen LogP contribution is 2.49. The number of halogens is 3. The maximum absolute atomic E-state index is 13.0. The smallest absolute Gasteiger partial charge is 0.256 e. The monoisotopic (exact) mass is 507 g/mol. The topological polar surface area (TPSA) is 12.9 Å². The fraction of sp³-hybridized carbons (Fsp3) is 0.545. The summed E-state index contributed by atoms with van der Waals surface area (Å²) < 4.78 is 38.9. The molecule has 0 bridgehead atoms. The number of rotatable bonds is 6. The quantitative estimate of drug-likeness (QED) is 0.355. The van der Waals surface area contributed by atoms with Gasteiger partial charge in [0.05, 0.1) is 11.6 Å². The van der Waals surface area contributed by atoms with E-state index >= 15 is 0 Å². The maximum Gasteiger partial charge on any atom is 0.391 e. The van der Waals surface area contributed by atoms with Gasteiger partial charge in [0.25, 0.3) is 0 Å². The zero-order valence-corrected chi connectivity index (χ0v) is 22.7. The molecule has 37 heavy (non-hydrogen) atoms. The summed E-state index contributed by atoms with van der Waals surface area (Å²) in [6.45, 7) is 7.92. The minimum Gasteiger partial charge on any atom is -0.256 e. The predicted molar refractivity (Wildman–Crippen MR) is 147 cm³/mol. The lowest BCUT2D eigenvalue weighted by atomic mass is 9.75. The van der Waals surface area contributed by atoms with E-state index in [-0.39, 0.29) is 6.42 Å². The normalized spacial score (nSPS) is 21.3. The molecule has 0 radical (unpaired) electrons. The predicted octanol–water partition coefficient (Wildman–Crippen LogP) is 9.55. The van der Waals surface area contributed by atoms with Crippen molar-refractivity contribution >= 4 is 11.1 Å². The van der Waals surface area contributed by atoms with Crippen LogP contribution in [0.2, 0.25) is 0 Å². The fourth-order valence-electron chi connectivity index (χ4n) is 6.10. The van der Waals surface area contributed by atoms with Crippen LogP contribution in [0.25, 0.3) is 11.1 Å². The zero-order chi connectivity index (χ0) is 26.6. The largest absolute Gasteiger partial charge is 0.391 e. The van der Waals surface area contributed by atoms with Crippen molar-refractivity contribution in [3.8, 4) is 11.8 Å². The number of aryl methyl sites for hydroxylation is 2. The minimum atomic E-state index is -4.15. The van der Waals surface area contributed by atoms with E-state index in [9.17, 15) is 13.2 Å². The SMILES string of the molecule is CCCC#CC1=C(c2ccc(CCC(C)C(F)(F)F)cn2)CC(C2CCCC2)C(C)c2ccc(C)cc21. The highest BCUT2D eigenvalue weighted by atomic mass is 19.4. The first-order chi connectivity index (χ1) is 17.7. The average Bonchev–Trinajstić information content (AvgIpc) is 3.37. The molecule has 3 unspecified atom stereocenters. The van der Waals surface area contributed by atoms with Crippen LogP contribution in [-0.2, 0) is 6.42 Å². The summed E-state index contributed by atoms with van der Waals surface area (Å²) >= 11 is 0. The molecule has 2 aromatic rings. The van der Waals surface area contributed by atoms with E-state index in [4.69, 9.17) is 4.98 Å². The molecule has 3 atom stereocenters. The number of aromatic nitrogens is 1. The molecule has 1 heterocycles. The van der Waals surface area contributed by atoms with Crippen molar-refractivity contribution in [3.05, 3.63) is 64.5 Å². The molecule has 0 amide bonds. The van der Waals surface area contributed by atoms with Crippen LogP contribution >= 0.6 is 0 Å². The van der Waals surface area contributed by atoms with Crippen molar-refractivity contribution in [1.29, 1.82) is 0 Å². The molecule has 4 heteroatoms. The molecular formula is C33H40F3N. The van der Waals surface area contributed by atoms with Gasteiger partial charge in [-0.25, -0.2) is 0 Å². The Hall–Kier alpha value is -2.54. The Morgan fingerprint density at radius 1 is 1.11 bits per heavy atom. The highest BCUT2D eigenvalue weighted by Gasteiger charge is 2.36. The summed E-state index contributed by atoms with van der Waals surface area (Å²) in [5.41, 5.74) is 7.90. The van der Waals surface area contributed by atoms with Crippen LogP contribution in [-0.4, -0.2) is 11.2 Å². The number of benzene rings is 1. The van der Waals surface area contributed by atoms with Crippen molar-refractivity contribution in [2.45, 2.75) is 97.6 Å². The molecule has 2 aliphatic carbocycles. The second kappa shape index (κ2) is 11.9. The summed E-state index contributed by atoms with van der Waals surface area (Å²) in [6.07, 6.45) is 6.06. The lowest BCUT2D eigenvalue weighted by Gasteiger charge is -2.29. The number of pyridine rings is 1. The fourth-order valence-corrected chi connectivity index (χ4v) is 6.10. The van der Waals surface area contributed by atoms with Gasteiger partial charge in [-0.1, -0.05) is 88.1 Å². The molecule has 198 valence electrons. The van der Waals surface area contributed by atoms with Gasteiger partial charge in [-0.05, 0) is 78.7 Å². The van der Waals surface area contributed by atoms with Crippen LogP contribution < -0.4 is 0 Å². The van der Waals surface area contributed by atoms with Crippen LogP contribution in [0.5, 0.6) is 0 Å². The maximum atomic E-state index is 13.0. The molecule has 0 aliphatic heterocycles. The van der Waals surface area contributed by atoms with Crippen LogP contribution in [0.4, 0.5) is 13.2 Å². The lowest BCUT2D eigenvalue weighted by Crippen LogP contribution is -2.20. The van der Waals surface area contributed by atoms with Gasteiger partial charge in [0.2, 0.25) is 0 Å². The summed E-state index contributed by atoms with van der Waals surface area (Å²) in [5, 5.41) is 0. The summed E-state index contributed by atoms with van der Waals surface area (Å²) in [5.74, 6) is 7.31.